The third-order valence-electron chi connectivity index (χ3n) is 6.02. The molecule has 1 heterocycles. The number of anilines is 1. The van der Waals surface area contributed by atoms with E-state index in [1.807, 2.05) is 67.6 Å². The number of carbonyl (C=O) groups excluding carboxylic acids is 2. The van der Waals surface area contributed by atoms with Crippen molar-refractivity contribution in [1.29, 1.82) is 0 Å². The van der Waals surface area contributed by atoms with Crippen LogP contribution in [0.4, 0.5) is 5.69 Å². The first kappa shape index (κ1) is 24.4. The Labute approximate surface area is 208 Å². The number of rotatable bonds is 8. The standard InChI is InChI=1S/C28H25ClN2O4/c1-18-23-5-2-3-6-25(23)31(16-4-7-27(33)34)28(35)24(30-18)17-26(32)21-10-8-19(9-11-21)20-12-14-22(29)15-13-20/h2-3,5-6,8-15,24H,4,7,16-17H2,1H3,(H,33,34). The van der Waals surface area contributed by atoms with Crippen molar-refractivity contribution >= 4 is 40.7 Å². The molecule has 6 nitrogen and oxygen atoms in total. The van der Waals surface area contributed by atoms with Crippen LogP contribution < -0.4 is 4.90 Å². The van der Waals surface area contributed by atoms with Gasteiger partial charge in [-0.15, -0.1) is 0 Å². The van der Waals surface area contributed by atoms with Crippen LogP contribution in [-0.2, 0) is 9.59 Å². The minimum absolute atomic E-state index is 0.0463. The van der Waals surface area contributed by atoms with Crippen LogP contribution in [0.3, 0.4) is 0 Å². The lowest BCUT2D eigenvalue weighted by Crippen LogP contribution is -2.39. The van der Waals surface area contributed by atoms with Crippen LogP contribution in [0, 0.1) is 0 Å². The molecule has 0 aromatic heterocycles. The number of hydrogen-bond donors (Lipinski definition) is 1. The monoisotopic (exact) mass is 488 g/mol. The van der Waals surface area contributed by atoms with Gasteiger partial charge in [-0.05, 0) is 42.7 Å². The average molecular weight is 489 g/mol. The van der Waals surface area contributed by atoms with Gasteiger partial charge in [-0.25, -0.2) is 0 Å². The molecule has 1 amide bonds. The number of halogens is 1. The van der Waals surface area contributed by atoms with Gasteiger partial charge in [0.05, 0.1) is 5.69 Å². The number of benzene rings is 3. The van der Waals surface area contributed by atoms with Gasteiger partial charge in [0.25, 0.3) is 5.91 Å². The molecule has 35 heavy (non-hydrogen) atoms. The van der Waals surface area contributed by atoms with Gasteiger partial charge in [0.15, 0.2) is 5.78 Å². The van der Waals surface area contributed by atoms with Crippen molar-refractivity contribution in [3.63, 3.8) is 0 Å². The summed E-state index contributed by atoms with van der Waals surface area (Å²) in [5, 5.41) is 9.68. The zero-order chi connectivity index (χ0) is 24.9. The summed E-state index contributed by atoms with van der Waals surface area (Å²) in [7, 11) is 0. The van der Waals surface area contributed by atoms with Crippen LogP contribution in [0.5, 0.6) is 0 Å². The molecule has 0 saturated carbocycles. The Kier molecular flexibility index (Phi) is 7.42. The van der Waals surface area contributed by atoms with Gasteiger partial charge >= 0.3 is 5.97 Å². The molecule has 3 aromatic rings. The maximum absolute atomic E-state index is 13.5. The summed E-state index contributed by atoms with van der Waals surface area (Å²) < 4.78 is 0. The van der Waals surface area contributed by atoms with E-state index in [4.69, 9.17) is 16.7 Å². The summed E-state index contributed by atoms with van der Waals surface area (Å²) in [6.45, 7) is 2.07. The SMILES string of the molecule is CC1=NC(CC(=O)c2ccc(-c3ccc(Cl)cc3)cc2)C(=O)N(CCCC(=O)O)c2ccccc21. The number of aliphatic carboxylic acids is 1. The van der Waals surface area contributed by atoms with Crippen LogP contribution in [0.1, 0.15) is 42.1 Å². The van der Waals surface area contributed by atoms with Crippen molar-refractivity contribution in [2.75, 3.05) is 11.4 Å². The highest BCUT2D eigenvalue weighted by Crippen LogP contribution is 2.28. The lowest BCUT2D eigenvalue weighted by Gasteiger charge is -2.25. The molecular formula is C28H25ClN2O4. The fourth-order valence-electron chi connectivity index (χ4n) is 4.21. The molecule has 1 aliphatic rings. The van der Waals surface area contributed by atoms with Crippen LogP contribution in [-0.4, -0.2) is 41.1 Å². The van der Waals surface area contributed by atoms with Crippen LogP contribution in [0.2, 0.25) is 5.02 Å². The number of aliphatic imine (C=N–C) groups is 1. The first-order valence-corrected chi connectivity index (χ1v) is 11.8. The normalized spacial score (nSPS) is 15.3. The molecule has 4 rings (SSSR count). The summed E-state index contributed by atoms with van der Waals surface area (Å²) in [4.78, 5) is 43.8. The molecular weight excluding hydrogens is 464 g/mol. The van der Waals surface area contributed by atoms with Gasteiger partial charge in [0, 0.05) is 41.2 Å². The van der Waals surface area contributed by atoms with E-state index in [2.05, 4.69) is 4.99 Å². The molecule has 1 unspecified atom stereocenters. The molecule has 0 bridgehead atoms. The van der Waals surface area contributed by atoms with Crippen LogP contribution in [0.15, 0.2) is 77.8 Å². The van der Waals surface area contributed by atoms with Crippen molar-refractivity contribution in [3.05, 3.63) is 88.9 Å². The van der Waals surface area contributed by atoms with E-state index >= 15 is 0 Å². The number of nitrogens with zero attached hydrogens (tertiary/aromatic N) is 2. The van der Waals surface area contributed by atoms with E-state index < -0.39 is 12.0 Å². The average Bonchev–Trinajstić information content (AvgIpc) is 2.95. The van der Waals surface area contributed by atoms with Crippen molar-refractivity contribution in [1.82, 2.24) is 0 Å². The first-order valence-electron chi connectivity index (χ1n) is 11.4. The number of para-hydroxylation sites is 1. The van der Waals surface area contributed by atoms with Gasteiger partial charge in [-0.2, -0.15) is 0 Å². The fraction of sp³-hybridized carbons (Fsp3) is 0.214. The number of benzodiazepines with no additional fused rings is 1. The lowest BCUT2D eigenvalue weighted by atomic mass is 9.99. The molecule has 178 valence electrons. The molecule has 7 heteroatoms. The van der Waals surface area contributed by atoms with Crippen molar-refractivity contribution in [3.8, 4) is 11.1 Å². The zero-order valence-electron chi connectivity index (χ0n) is 19.3. The van der Waals surface area contributed by atoms with E-state index in [1.165, 1.54) is 0 Å². The van der Waals surface area contributed by atoms with Gasteiger partial charge < -0.3 is 10.0 Å². The molecule has 0 spiro atoms. The third-order valence-corrected chi connectivity index (χ3v) is 6.27. The molecule has 1 N–H and O–H groups in total. The largest absolute Gasteiger partial charge is 0.481 e. The highest BCUT2D eigenvalue weighted by Gasteiger charge is 2.32. The topological polar surface area (TPSA) is 87.0 Å². The second-order valence-corrected chi connectivity index (χ2v) is 8.88. The molecule has 1 aliphatic heterocycles. The molecule has 3 aromatic carbocycles. The Morgan fingerprint density at radius 3 is 2.26 bits per heavy atom. The van der Waals surface area contributed by atoms with E-state index in [0.717, 1.165) is 16.7 Å². The van der Waals surface area contributed by atoms with Crippen molar-refractivity contribution in [2.24, 2.45) is 4.99 Å². The highest BCUT2D eigenvalue weighted by atomic mass is 35.5. The Morgan fingerprint density at radius 2 is 1.60 bits per heavy atom. The lowest BCUT2D eigenvalue weighted by molar-refractivity contribution is -0.137. The minimum Gasteiger partial charge on any atom is -0.481 e. The van der Waals surface area contributed by atoms with Gasteiger partial charge in [-0.1, -0.05) is 66.2 Å². The third kappa shape index (κ3) is 5.66. The number of ketones is 1. The second kappa shape index (κ2) is 10.7. The predicted octanol–water partition coefficient (Wildman–Crippen LogP) is 5.67. The Morgan fingerprint density at radius 1 is 0.971 bits per heavy atom. The van der Waals surface area contributed by atoms with Gasteiger partial charge in [-0.3, -0.25) is 19.4 Å². The van der Waals surface area contributed by atoms with Crippen molar-refractivity contribution < 1.29 is 19.5 Å². The van der Waals surface area contributed by atoms with Gasteiger partial charge in [0.1, 0.15) is 6.04 Å². The summed E-state index contributed by atoms with van der Waals surface area (Å²) in [5.74, 6) is -1.40. The minimum atomic E-state index is -0.915. The molecule has 0 saturated heterocycles. The number of fused-ring (bicyclic) bond motifs is 1. The highest BCUT2D eigenvalue weighted by molar-refractivity contribution is 6.30. The molecule has 1 atom stereocenters. The number of hydrogen-bond acceptors (Lipinski definition) is 4. The maximum Gasteiger partial charge on any atom is 0.303 e. The molecule has 0 aliphatic carbocycles. The molecule has 0 fully saturated rings. The summed E-state index contributed by atoms with van der Waals surface area (Å²) >= 11 is 5.96. The van der Waals surface area contributed by atoms with E-state index in [0.29, 0.717) is 28.4 Å². The van der Waals surface area contributed by atoms with Crippen LogP contribution >= 0.6 is 11.6 Å². The van der Waals surface area contributed by atoms with Crippen LogP contribution in [0.25, 0.3) is 11.1 Å². The van der Waals surface area contributed by atoms with Crippen molar-refractivity contribution in [2.45, 2.75) is 32.2 Å². The number of amides is 1. The number of carbonyl (C=O) groups is 3. The van der Waals surface area contributed by atoms with E-state index in [-0.39, 0.29) is 31.1 Å². The Balaban J connectivity index is 1.55. The Bertz CT molecular complexity index is 1280. The smallest absolute Gasteiger partial charge is 0.303 e. The number of Topliss-reactive ketones (excluding diaryl/α,β-unsaturated/α-hetero) is 1. The second-order valence-electron chi connectivity index (χ2n) is 8.45. The summed E-state index contributed by atoms with van der Waals surface area (Å²) in [5.41, 5.74) is 4.61. The maximum atomic E-state index is 13.5. The van der Waals surface area contributed by atoms with E-state index in [9.17, 15) is 14.4 Å². The first-order chi connectivity index (χ1) is 16.8. The summed E-state index contributed by atoms with van der Waals surface area (Å²) in [6, 6.07) is 21.2. The number of carboxylic acids is 1. The van der Waals surface area contributed by atoms with E-state index in [1.54, 1.807) is 17.0 Å². The Hall–Kier alpha value is -3.77. The quantitative estimate of drug-likeness (QED) is 0.414. The van der Waals surface area contributed by atoms with Gasteiger partial charge in [0.2, 0.25) is 0 Å². The zero-order valence-corrected chi connectivity index (χ0v) is 20.0. The fourth-order valence-corrected chi connectivity index (χ4v) is 4.33. The number of carboxylic acid groups (broad SMARTS) is 1. The predicted molar refractivity (Wildman–Crippen MR) is 137 cm³/mol. The molecule has 0 radical (unpaired) electrons. The summed E-state index contributed by atoms with van der Waals surface area (Å²) in [6.07, 6.45) is 0.191.